The first-order valence-corrected chi connectivity index (χ1v) is 9.22. The van der Waals surface area contributed by atoms with E-state index in [1.54, 1.807) is 49.4 Å². The second kappa shape index (κ2) is 8.29. The summed E-state index contributed by atoms with van der Waals surface area (Å²) >= 11 is 0. The van der Waals surface area contributed by atoms with Crippen molar-refractivity contribution in [3.8, 4) is 11.6 Å². The Balaban J connectivity index is 2.00. The summed E-state index contributed by atoms with van der Waals surface area (Å²) in [6.07, 6.45) is 3.00. The molecule has 0 atom stereocenters. The number of sulfonamides is 1. The molecule has 0 spiro atoms. The van der Waals surface area contributed by atoms with Crippen molar-refractivity contribution >= 4 is 21.6 Å². The Kier molecular flexibility index (Phi) is 6.13. The predicted molar refractivity (Wildman–Crippen MR) is 96.4 cm³/mol. The van der Waals surface area contributed by atoms with Gasteiger partial charge in [-0.15, -0.1) is 6.58 Å². The van der Waals surface area contributed by atoms with E-state index in [4.69, 9.17) is 4.74 Å². The van der Waals surface area contributed by atoms with Gasteiger partial charge in [-0.1, -0.05) is 6.08 Å². The van der Waals surface area contributed by atoms with Crippen LogP contribution in [0, 0.1) is 0 Å². The van der Waals surface area contributed by atoms with Crippen LogP contribution in [-0.4, -0.2) is 31.6 Å². The van der Waals surface area contributed by atoms with Crippen molar-refractivity contribution in [1.82, 2.24) is 10.3 Å². The SMILES string of the molecule is C=CCNC(=O)c1ccc(Oc2ccc(NS(=O)(=O)CC)cc2)nc1. The molecule has 132 valence electrons. The van der Waals surface area contributed by atoms with Crippen molar-refractivity contribution in [2.45, 2.75) is 6.92 Å². The van der Waals surface area contributed by atoms with Gasteiger partial charge in [0.05, 0.1) is 11.3 Å². The van der Waals surface area contributed by atoms with Crippen molar-refractivity contribution in [3.05, 3.63) is 60.8 Å². The summed E-state index contributed by atoms with van der Waals surface area (Å²) in [6, 6.07) is 9.63. The van der Waals surface area contributed by atoms with Crippen molar-refractivity contribution in [1.29, 1.82) is 0 Å². The summed E-state index contributed by atoms with van der Waals surface area (Å²) in [6.45, 7) is 5.47. The Morgan fingerprint density at radius 2 is 1.96 bits per heavy atom. The average molecular weight is 361 g/mol. The summed E-state index contributed by atoms with van der Waals surface area (Å²) in [4.78, 5) is 15.8. The summed E-state index contributed by atoms with van der Waals surface area (Å²) in [7, 11) is -3.31. The van der Waals surface area contributed by atoms with E-state index in [-0.39, 0.29) is 11.7 Å². The maximum Gasteiger partial charge on any atom is 0.253 e. The quantitative estimate of drug-likeness (QED) is 0.704. The van der Waals surface area contributed by atoms with Gasteiger partial charge in [0.2, 0.25) is 15.9 Å². The third kappa shape index (κ3) is 5.61. The van der Waals surface area contributed by atoms with E-state index in [1.807, 2.05) is 0 Å². The topological polar surface area (TPSA) is 97.4 Å². The zero-order chi connectivity index (χ0) is 18.3. The molecule has 1 amide bonds. The Labute approximate surface area is 146 Å². The van der Waals surface area contributed by atoms with E-state index in [9.17, 15) is 13.2 Å². The van der Waals surface area contributed by atoms with Gasteiger partial charge in [-0.3, -0.25) is 9.52 Å². The largest absolute Gasteiger partial charge is 0.439 e. The first kappa shape index (κ1) is 18.5. The maximum absolute atomic E-state index is 11.8. The van der Waals surface area contributed by atoms with Gasteiger partial charge >= 0.3 is 0 Å². The molecule has 2 rings (SSSR count). The molecular formula is C17H19N3O4S. The number of ether oxygens (including phenoxy) is 1. The number of hydrogen-bond acceptors (Lipinski definition) is 5. The normalized spacial score (nSPS) is 10.8. The zero-order valence-electron chi connectivity index (χ0n) is 13.7. The highest BCUT2D eigenvalue weighted by Crippen LogP contribution is 2.22. The zero-order valence-corrected chi connectivity index (χ0v) is 14.5. The molecule has 1 aromatic heterocycles. The maximum atomic E-state index is 11.8. The molecule has 7 nitrogen and oxygen atoms in total. The van der Waals surface area contributed by atoms with Gasteiger partial charge in [-0.2, -0.15) is 0 Å². The van der Waals surface area contributed by atoms with E-state index in [0.29, 0.717) is 29.4 Å². The number of anilines is 1. The van der Waals surface area contributed by atoms with Crippen LogP contribution in [0.25, 0.3) is 0 Å². The van der Waals surface area contributed by atoms with Crippen LogP contribution in [0.1, 0.15) is 17.3 Å². The molecule has 0 bridgehead atoms. The highest BCUT2D eigenvalue weighted by Gasteiger charge is 2.08. The Morgan fingerprint density at radius 1 is 1.24 bits per heavy atom. The van der Waals surface area contributed by atoms with Gasteiger partial charge in [0, 0.05) is 24.5 Å². The fourth-order valence-electron chi connectivity index (χ4n) is 1.81. The van der Waals surface area contributed by atoms with Crippen molar-refractivity contribution in [3.63, 3.8) is 0 Å². The molecule has 0 aliphatic heterocycles. The number of nitrogens with one attached hydrogen (secondary N) is 2. The summed E-state index contributed by atoms with van der Waals surface area (Å²) in [5.41, 5.74) is 0.870. The van der Waals surface area contributed by atoms with Crippen LogP contribution in [0.4, 0.5) is 5.69 Å². The van der Waals surface area contributed by atoms with Gasteiger partial charge in [-0.25, -0.2) is 13.4 Å². The van der Waals surface area contributed by atoms with E-state index >= 15 is 0 Å². The minimum atomic E-state index is -3.31. The second-order valence-corrected chi connectivity index (χ2v) is 7.03. The number of benzene rings is 1. The fraction of sp³-hybridized carbons (Fsp3) is 0.176. The number of carbonyl (C=O) groups is 1. The van der Waals surface area contributed by atoms with Gasteiger partial charge in [-0.05, 0) is 37.3 Å². The third-order valence-electron chi connectivity index (χ3n) is 3.14. The Hall–Kier alpha value is -2.87. The lowest BCUT2D eigenvalue weighted by molar-refractivity contribution is 0.0957. The molecule has 0 saturated heterocycles. The summed E-state index contributed by atoms with van der Waals surface area (Å²) < 4.78 is 31.0. The standard InChI is InChI=1S/C17H19N3O4S/c1-3-11-18-17(21)13-5-10-16(19-12-13)24-15-8-6-14(7-9-15)20-25(22,23)4-2/h3,5-10,12,20H,1,4,11H2,2H3,(H,18,21). The molecule has 0 aliphatic carbocycles. The number of pyridine rings is 1. The van der Waals surface area contributed by atoms with Crippen molar-refractivity contribution in [2.24, 2.45) is 0 Å². The fourth-order valence-corrected chi connectivity index (χ4v) is 2.44. The molecule has 0 fully saturated rings. The number of aromatic nitrogens is 1. The van der Waals surface area contributed by atoms with E-state index in [2.05, 4.69) is 21.6 Å². The lowest BCUT2D eigenvalue weighted by Crippen LogP contribution is -2.23. The highest BCUT2D eigenvalue weighted by molar-refractivity contribution is 7.92. The van der Waals surface area contributed by atoms with Gasteiger partial charge in [0.15, 0.2) is 0 Å². The number of rotatable bonds is 8. The Bertz CT molecular complexity index is 831. The molecule has 2 N–H and O–H groups in total. The first-order valence-electron chi connectivity index (χ1n) is 7.57. The molecule has 0 aliphatic rings. The second-order valence-electron chi connectivity index (χ2n) is 5.02. The lowest BCUT2D eigenvalue weighted by atomic mass is 10.2. The first-order chi connectivity index (χ1) is 11.9. The lowest BCUT2D eigenvalue weighted by Gasteiger charge is -2.08. The van der Waals surface area contributed by atoms with Gasteiger partial charge in [0.1, 0.15) is 5.75 Å². The number of hydrogen-bond donors (Lipinski definition) is 2. The molecule has 0 radical (unpaired) electrons. The monoisotopic (exact) mass is 361 g/mol. The van der Waals surface area contributed by atoms with Crippen LogP contribution in [-0.2, 0) is 10.0 Å². The minimum absolute atomic E-state index is 0.00188. The van der Waals surface area contributed by atoms with Crippen LogP contribution in [0.15, 0.2) is 55.3 Å². The van der Waals surface area contributed by atoms with E-state index < -0.39 is 10.0 Å². The molecule has 25 heavy (non-hydrogen) atoms. The summed E-state index contributed by atoms with van der Waals surface area (Å²) in [5, 5.41) is 2.65. The smallest absolute Gasteiger partial charge is 0.253 e. The van der Waals surface area contributed by atoms with Crippen molar-refractivity contribution in [2.75, 3.05) is 17.0 Å². The van der Waals surface area contributed by atoms with Crippen LogP contribution in [0.3, 0.4) is 0 Å². The van der Waals surface area contributed by atoms with Crippen LogP contribution < -0.4 is 14.8 Å². The predicted octanol–water partition coefficient (Wildman–Crippen LogP) is 2.55. The number of carbonyl (C=O) groups excluding carboxylic acids is 1. The number of amides is 1. The minimum Gasteiger partial charge on any atom is -0.439 e. The van der Waals surface area contributed by atoms with Gasteiger partial charge in [0.25, 0.3) is 5.91 Å². The molecular weight excluding hydrogens is 342 g/mol. The average Bonchev–Trinajstić information content (AvgIpc) is 2.62. The molecule has 0 unspecified atom stereocenters. The third-order valence-corrected chi connectivity index (χ3v) is 4.44. The highest BCUT2D eigenvalue weighted by atomic mass is 32.2. The van der Waals surface area contributed by atoms with E-state index in [1.165, 1.54) is 6.20 Å². The number of nitrogens with zero attached hydrogens (tertiary/aromatic N) is 1. The van der Waals surface area contributed by atoms with E-state index in [0.717, 1.165) is 0 Å². The molecule has 1 heterocycles. The molecule has 0 saturated carbocycles. The summed E-state index contributed by atoms with van der Waals surface area (Å²) in [5.74, 6) is 0.575. The Morgan fingerprint density at radius 3 is 2.52 bits per heavy atom. The van der Waals surface area contributed by atoms with Crippen molar-refractivity contribution < 1.29 is 17.9 Å². The van der Waals surface area contributed by atoms with Crippen LogP contribution in [0.5, 0.6) is 11.6 Å². The van der Waals surface area contributed by atoms with Crippen LogP contribution in [0.2, 0.25) is 0 Å². The van der Waals surface area contributed by atoms with Gasteiger partial charge < -0.3 is 10.1 Å². The molecule has 1 aromatic carbocycles. The van der Waals surface area contributed by atoms with Crippen LogP contribution >= 0.6 is 0 Å². The molecule has 2 aromatic rings. The molecule has 8 heteroatoms.